The van der Waals surface area contributed by atoms with Crippen molar-refractivity contribution in [3.05, 3.63) is 25.3 Å². The van der Waals surface area contributed by atoms with Gasteiger partial charge in [-0.1, -0.05) is 130 Å². The van der Waals surface area contributed by atoms with Gasteiger partial charge in [0, 0.05) is 59.3 Å². The predicted octanol–water partition coefficient (Wildman–Crippen LogP) is 8.20. The van der Waals surface area contributed by atoms with Gasteiger partial charge in [0.15, 0.2) is 49.8 Å². The number of aliphatic hydroxyl groups is 2. The second-order valence-corrected chi connectivity index (χ2v) is 27.7. The van der Waals surface area contributed by atoms with Crippen molar-refractivity contribution < 1.29 is 120 Å². The summed E-state index contributed by atoms with van der Waals surface area (Å²) in [7, 11) is 0. The van der Waals surface area contributed by atoms with Crippen LogP contribution in [0.25, 0.3) is 0 Å². The Morgan fingerprint density at radius 3 is 1.14 bits per heavy atom. The summed E-state index contributed by atoms with van der Waals surface area (Å²) in [6, 6.07) is 0. The Kier molecular flexibility index (Phi) is 36.2. The van der Waals surface area contributed by atoms with Crippen molar-refractivity contribution in [2.45, 2.75) is 221 Å². The molecule has 0 aromatic heterocycles. The van der Waals surface area contributed by atoms with Crippen LogP contribution in [-0.4, -0.2) is 201 Å². The number of hydrogen-bond acceptors (Lipinski definition) is 26. The van der Waals surface area contributed by atoms with Gasteiger partial charge >= 0.3 is 35.8 Å². The Balaban J connectivity index is 0.000000334. The third-order valence-corrected chi connectivity index (χ3v) is 18.8. The summed E-state index contributed by atoms with van der Waals surface area (Å²) in [5, 5.41) is 28.0. The number of nitrogens with one attached hydrogen (secondary N) is 1. The maximum atomic E-state index is 11.7. The summed E-state index contributed by atoms with van der Waals surface area (Å²) in [5.41, 5.74) is 0. The van der Waals surface area contributed by atoms with Crippen LogP contribution in [0.5, 0.6) is 0 Å². The molecule has 0 aliphatic carbocycles. The quantitative estimate of drug-likeness (QED) is 0.0258. The molecule has 0 amide bonds. The average molecular weight is 1410 g/mol. The highest BCUT2D eigenvalue weighted by Gasteiger charge is 2.50. The molecule has 3 N–H and O–H groups in total. The Labute approximate surface area is 569 Å². The van der Waals surface area contributed by atoms with E-state index in [1.165, 1.54) is 41.5 Å². The molecule has 542 valence electrons. The summed E-state index contributed by atoms with van der Waals surface area (Å²) in [6.45, 7) is 41.6. The highest BCUT2D eigenvalue weighted by molar-refractivity contribution is 6.76. The maximum Gasteiger partial charge on any atom is 0.303 e. The van der Waals surface area contributed by atoms with Crippen LogP contribution in [0.1, 0.15) is 125 Å². The van der Waals surface area contributed by atoms with Gasteiger partial charge in [0.25, 0.3) is 3.79 Å². The highest BCUT2D eigenvalue weighted by Crippen LogP contribution is 2.40. The van der Waals surface area contributed by atoms with E-state index in [9.17, 15) is 39.0 Å². The lowest BCUT2D eigenvalue weighted by Gasteiger charge is -2.47. The Bertz CT molecular complexity index is 2410. The lowest BCUT2D eigenvalue weighted by Crippen LogP contribution is -2.57. The van der Waals surface area contributed by atoms with Crippen LogP contribution in [0.4, 0.5) is 0 Å². The molecule has 6 saturated heterocycles. The summed E-state index contributed by atoms with van der Waals surface area (Å²) < 4.78 is 92.6. The largest absolute Gasteiger partial charge is 0.463 e. The molecule has 6 rings (SSSR count). The zero-order valence-corrected chi connectivity index (χ0v) is 60.0. The summed E-state index contributed by atoms with van der Waals surface area (Å²) in [6.07, 6.45) is -6.35. The van der Waals surface area contributed by atoms with Crippen LogP contribution in [0.15, 0.2) is 25.3 Å². The Hall–Kier alpha value is -3.84. The topological polar surface area (TPSA) is 324 Å². The van der Waals surface area contributed by atoms with Gasteiger partial charge in [-0.3, -0.25) is 34.2 Å². The molecule has 94 heavy (non-hydrogen) atoms. The molecule has 9 unspecified atom stereocenters. The molecule has 29 heteroatoms. The van der Waals surface area contributed by atoms with Crippen LogP contribution >= 0.6 is 34.8 Å². The van der Waals surface area contributed by atoms with Gasteiger partial charge in [-0.05, 0) is 53.3 Å². The molecule has 0 bridgehead atoms. The molecule has 27 atom stereocenters. The van der Waals surface area contributed by atoms with Crippen molar-refractivity contribution in [1.82, 2.24) is 0 Å². The highest BCUT2D eigenvalue weighted by atomic mass is 35.6. The minimum Gasteiger partial charge on any atom is -0.463 e. The molecule has 0 spiro atoms. The minimum absolute atomic E-state index is 0.00496. The number of alkyl halides is 3. The fourth-order valence-corrected chi connectivity index (χ4v) is 11.2. The van der Waals surface area contributed by atoms with Crippen molar-refractivity contribution in [1.29, 1.82) is 5.41 Å². The molecule has 0 saturated carbocycles. The molecule has 0 aromatic carbocycles. The van der Waals surface area contributed by atoms with Crippen LogP contribution in [0, 0.1) is 76.4 Å². The second-order valence-electron chi connectivity index (χ2n) is 25.4. The molecule has 0 aromatic rings. The number of carbonyl (C=O) groups excluding carboxylic acids is 6. The van der Waals surface area contributed by atoms with Gasteiger partial charge in [0.2, 0.25) is 12.2 Å². The maximum absolute atomic E-state index is 11.7. The normalized spacial score (nSPS) is 38.0. The van der Waals surface area contributed by atoms with E-state index in [2.05, 4.69) is 20.1 Å². The van der Waals surface area contributed by atoms with Crippen molar-refractivity contribution >= 4 is 76.5 Å². The van der Waals surface area contributed by atoms with Gasteiger partial charge < -0.3 is 90.7 Å². The first-order valence-electron chi connectivity index (χ1n) is 32.0. The van der Waals surface area contributed by atoms with Crippen LogP contribution in [-0.2, 0) is 109 Å². The second kappa shape index (κ2) is 40.3. The average Bonchev–Trinajstić information content (AvgIpc) is 1.09. The number of carbonyl (C=O) groups is 6. The standard InChI is InChI=1S/C22H36O8.C19H32O8.C13H22O5.C11H16Cl3NO4/c1-8-9-25-21-20(15(5)14(4)18(29-21)11-26-16(6)23)30-22-19(28-17(7)24)13(3)12(2)10-27-22;1-9-7-24-19(17(10(9)2)25-14(6)21)27-16-12(4)11(3)15(26-18(16)22)8-23-13(5)20;1-5-6-16-13-12(15)9(3)8(2)11(18-13)7-17-10(4)14;1-5-4-17-9(19-10(15)11(12,13)14)8(6(5)2)18-7(3)16/h8,12-15,18-22H,1,9-11H2,2-7H3;9-12,15-19,22H,7-8H2,1-6H3;5,8-9,11-13,15H,1,6-7H2,2-4H3;5-6,8-9,15H,4H2,1-3H3/t12-,13+,14+,15+,18?,19+,20+,21?,22?;9-,10+,11+,12+,15?,16+,17+,18?,19?;8-,9-,11?,12-,13?;5-,6+,8+,9?/m1101/s1. The Morgan fingerprint density at radius 1 is 0.436 bits per heavy atom. The first-order valence-corrected chi connectivity index (χ1v) is 33.2. The van der Waals surface area contributed by atoms with E-state index in [4.69, 9.17) is 121 Å². The molecule has 6 aliphatic heterocycles. The zero-order valence-electron chi connectivity index (χ0n) is 57.7. The number of esters is 6. The number of aliphatic hydroxyl groups excluding tert-OH is 2. The first kappa shape index (κ1) is 84.4. The van der Waals surface area contributed by atoms with E-state index >= 15 is 0 Å². The lowest BCUT2D eigenvalue weighted by atomic mass is 9.83. The molecular weight excluding hydrogens is 1300 g/mol. The van der Waals surface area contributed by atoms with Gasteiger partial charge in [-0.15, -0.1) is 13.2 Å². The lowest BCUT2D eigenvalue weighted by molar-refractivity contribution is -0.335. The van der Waals surface area contributed by atoms with Gasteiger partial charge in [-0.2, -0.15) is 0 Å². The molecule has 26 nitrogen and oxygen atoms in total. The van der Waals surface area contributed by atoms with Crippen molar-refractivity contribution in [3.8, 4) is 0 Å². The van der Waals surface area contributed by atoms with E-state index in [1.807, 2.05) is 76.2 Å². The predicted molar refractivity (Wildman–Crippen MR) is 341 cm³/mol. The van der Waals surface area contributed by atoms with Gasteiger partial charge in [0.1, 0.15) is 38.1 Å². The number of halogens is 3. The van der Waals surface area contributed by atoms with E-state index in [1.54, 1.807) is 12.2 Å². The fourth-order valence-electron chi connectivity index (χ4n) is 11.0. The number of hydrogen-bond donors (Lipinski definition) is 3. The van der Waals surface area contributed by atoms with Crippen molar-refractivity contribution in [2.75, 3.05) is 52.9 Å². The van der Waals surface area contributed by atoms with Crippen LogP contribution in [0.3, 0.4) is 0 Å². The summed E-state index contributed by atoms with van der Waals surface area (Å²) in [4.78, 5) is 67.4. The van der Waals surface area contributed by atoms with Gasteiger partial charge in [-0.25, -0.2) is 0 Å². The molecule has 6 aliphatic rings. The van der Waals surface area contributed by atoms with Crippen LogP contribution < -0.4 is 0 Å². The third-order valence-electron chi connectivity index (χ3n) is 18.3. The van der Waals surface area contributed by atoms with E-state index in [-0.39, 0.29) is 128 Å². The third kappa shape index (κ3) is 26.1. The molecule has 0 radical (unpaired) electrons. The summed E-state index contributed by atoms with van der Waals surface area (Å²) in [5.74, 6) is -2.11. The SMILES string of the molecule is C=CCOC1OC(COC(C)=O)[C@@H](C)[C@H](C)[C@@H]1O.C=CCOC1OC(COC(C)=O)[C@@H](C)[C@H](C)[C@@H]1OC1OC[C@@H](C)[C@H](C)[C@@H]1OC(C)=O.CC(=O)OCC1OC(O)[C@@H](OC2OC[C@@H](C)[C@H](C)[C@@H]2OC(C)=O)[C@@H](C)[C@@H]1C.CC(=O)O[C@@H]1C(OC(=N)C(Cl)(Cl)Cl)OC[C@@H](C)[C@@H]1C. The summed E-state index contributed by atoms with van der Waals surface area (Å²) >= 11 is 16.6. The first-order chi connectivity index (χ1) is 43.9. The monoisotopic (exact) mass is 1410 g/mol. The number of rotatable bonds is 20. The van der Waals surface area contributed by atoms with E-state index in [0.29, 0.717) is 26.4 Å². The van der Waals surface area contributed by atoms with Crippen molar-refractivity contribution in [3.63, 3.8) is 0 Å². The van der Waals surface area contributed by atoms with E-state index in [0.717, 1.165) is 0 Å². The van der Waals surface area contributed by atoms with Crippen molar-refractivity contribution in [2.24, 2.45) is 71.0 Å². The minimum atomic E-state index is -1.98. The zero-order chi connectivity index (χ0) is 71.2. The number of ether oxygens (including phenoxy) is 17. The van der Waals surface area contributed by atoms with E-state index < -0.39 is 108 Å². The Morgan fingerprint density at radius 2 is 0.766 bits per heavy atom. The molecular formula is C65H106Cl3NO25. The molecule has 6 fully saturated rings. The molecule has 6 heterocycles. The smallest absolute Gasteiger partial charge is 0.303 e. The fraction of sp³-hybridized carbons (Fsp3) is 0.831. The van der Waals surface area contributed by atoms with Gasteiger partial charge in [0.05, 0.1) is 51.3 Å². The van der Waals surface area contributed by atoms with Crippen LogP contribution in [0.2, 0.25) is 0 Å².